The van der Waals surface area contributed by atoms with Crippen molar-refractivity contribution in [2.24, 2.45) is 0 Å². The fourth-order valence-electron chi connectivity index (χ4n) is 4.36. The molecular weight excluding hydrogens is 715 g/mol. The average molecular weight is 759 g/mol. The molecule has 0 atom stereocenters. The largest absolute Gasteiger partial charge is 0.512 e. The first kappa shape index (κ1) is 34.6. The first-order chi connectivity index (χ1) is 18.7. The molecule has 4 rings (SSSR count). The number of nitrogens with zero attached hydrogens (tertiary/aromatic N) is 1. The van der Waals surface area contributed by atoms with Crippen LogP contribution in [0.1, 0.15) is 32.3 Å². The number of aliphatic hydroxyl groups excluding tert-OH is 1. The Morgan fingerprint density at radius 1 is 0.854 bits per heavy atom. The van der Waals surface area contributed by atoms with Crippen molar-refractivity contribution in [2.45, 2.75) is 72.9 Å². The van der Waals surface area contributed by atoms with Gasteiger partial charge in [-0.2, -0.15) is 0 Å². The van der Waals surface area contributed by atoms with E-state index in [1.165, 1.54) is 38.5 Å². The minimum absolute atomic E-state index is 0. The molecule has 0 aliphatic carbocycles. The molecule has 1 radical (unpaired) electrons. The van der Waals surface area contributed by atoms with Gasteiger partial charge in [0.15, 0.2) is 5.78 Å². The SMILES string of the molecule is CCC(=O)/C=C(\O)CC.Cc1[c-]c(-c2cc(-c3ccccc3)c3cc([Si](C)(C)C)ccc3n2)cc([Si](C)(C)C)c1.[Ir]. The Morgan fingerprint density at radius 2 is 1.49 bits per heavy atom. The standard InChI is InChI=1S/C28H32NSi2.C7H12O2.Ir/c1-20-15-22(17-24(16-20)31(5,6)7)28-19-25(21-11-9-8-10-12-21)26-18-23(30(2,3)4)13-14-27(26)29-28;1-3-6(8)5-7(9)4-2;/h8-14,16-19H,1-7H3;5,8H,3-4H2,1-2H3;/q-1;;/b;6-5-;. The van der Waals surface area contributed by atoms with Crippen LogP contribution in [0.3, 0.4) is 0 Å². The fourth-order valence-corrected chi connectivity index (χ4v) is 6.75. The third-order valence-corrected chi connectivity index (χ3v) is 11.0. The van der Waals surface area contributed by atoms with Crippen molar-refractivity contribution in [1.82, 2.24) is 4.98 Å². The summed E-state index contributed by atoms with van der Waals surface area (Å²) in [5.41, 5.74) is 6.85. The second kappa shape index (κ2) is 14.5. The summed E-state index contributed by atoms with van der Waals surface area (Å²) < 4.78 is 0. The summed E-state index contributed by atoms with van der Waals surface area (Å²) in [6, 6.07) is 28.1. The Balaban J connectivity index is 0.000000511. The average Bonchev–Trinajstić information content (AvgIpc) is 2.91. The first-order valence-electron chi connectivity index (χ1n) is 14.2. The van der Waals surface area contributed by atoms with Crippen LogP contribution < -0.4 is 10.4 Å². The molecule has 0 spiro atoms. The molecule has 219 valence electrons. The summed E-state index contributed by atoms with van der Waals surface area (Å²) in [5.74, 6) is 0.149. The van der Waals surface area contributed by atoms with Crippen LogP contribution in [0, 0.1) is 13.0 Å². The molecule has 3 nitrogen and oxygen atoms in total. The number of hydrogen-bond acceptors (Lipinski definition) is 3. The van der Waals surface area contributed by atoms with Gasteiger partial charge in [-0.3, -0.25) is 9.78 Å². The topological polar surface area (TPSA) is 50.2 Å². The zero-order valence-corrected chi connectivity index (χ0v) is 30.4. The molecule has 0 aliphatic rings. The van der Waals surface area contributed by atoms with Crippen molar-refractivity contribution in [3.05, 3.63) is 90.2 Å². The van der Waals surface area contributed by atoms with E-state index in [9.17, 15) is 4.79 Å². The van der Waals surface area contributed by atoms with Gasteiger partial charge in [-0.15, -0.1) is 34.5 Å². The van der Waals surface area contributed by atoms with E-state index in [0.29, 0.717) is 12.8 Å². The van der Waals surface area contributed by atoms with Crippen molar-refractivity contribution in [1.29, 1.82) is 0 Å². The van der Waals surface area contributed by atoms with Crippen LogP contribution in [0.25, 0.3) is 33.3 Å². The van der Waals surface area contributed by atoms with Gasteiger partial charge in [0.1, 0.15) is 0 Å². The summed E-state index contributed by atoms with van der Waals surface area (Å²) in [7, 11) is -2.85. The van der Waals surface area contributed by atoms with E-state index in [1.54, 1.807) is 13.8 Å². The van der Waals surface area contributed by atoms with E-state index in [4.69, 9.17) is 10.1 Å². The molecule has 0 unspecified atom stereocenters. The Kier molecular flexibility index (Phi) is 12.2. The monoisotopic (exact) mass is 759 g/mol. The molecule has 6 heteroatoms. The number of aliphatic hydroxyl groups is 1. The molecule has 1 aromatic heterocycles. The van der Waals surface area contributed by atoms with Crippen molar-refractivity contribution in [2.75, 3.05) is 0 Å². The van der Waals surface area contributed by atoms with Gasteiger partial charge in [-0.05, 0) is 22.9 Å². The van der Waals surface area contributed by atoms with Crippen LogP contribution in [0.4, 0.5) is 0 Å². The number of benzene rings is 3. The van der Waals surface area contributed by atoms with Gasteiger partial charge in [0.05, 0.1) is 27.4 Å². The molecule has 0 saturated heterocycles. The Hall–Kier alpha value is -2.64. The molecular formula is C35H44IrNO2Si2-. The van der Waals surface area contributed by atoms with Crippen molar-refractivity contribution in [3.8, 4) is 22.4 Å². The van der Waals surface area contributed by atoms with Crippen molar-refractivity contribution >= 4 is 43.2 Å². The Bertz CT molecular complexity index is 1520. The van der Waals surface area contributed by atoms with Crippen molar-refractivity contribution < 1.29 is 30.0 Å². The van der Waals surface area contributed by atoms with Gasteiger partial charge in [-0.1, -0.05) is 114 Å². The second-order valence-electron chi connectivity index (χ2n) is 12.4. The summed E-state index contributed by atoms with van der Waals surface area (Å²) in [4.78, 5) is 15.7. The van der Waals surface area contributed by atoms with Gasteiger partial charge in [0.2, 0.25) is 0 Å². The number of ketones is 1. The quantitative estimate of drug-likeness (QED) is 0.0890. The number of hydrogen-bond donors (Lipinski definition) is 1. The summed E-state index contributed by atoms with van der Waals surface area (Å²) in [6.45, 7) is 20.1. The molecule has 1 heterocycles. The number of pyridine rings is 1. The van der Waals surface area contributed by atoms with Crippen LogP contribution in [0.2, 0.25) is 39.3 Å². The Morgan fingerprint density at radius 3 is 2.05 bits per heavy atom. The number of fused-ring (bicyclic) bond motifs is 1. The number of aromatic nitrogens is 1. The number of rotatable bonds is 7. The molecule has 41 heavy (non-hydrogen) atoms. The second-order valence-corrected chi connectivity index (χ2v) is 22.6. The third kappa shape index (κ3) is 9.44. The summed E-state index contributed by atoms with van der Waals surface area (Å²) >= 11 is 0. The van der Waals surface area contributed by atoms with Crippen LogP contribution in [-0.4, -0.2) is 32.0 Å². The number of carbonyl (C=O) groups is 1. The number of aryl methyl sites for hydroxylation is 1. The summed E-state index contributed by atoms with van der Waals surface area (Å²) in [6.07, 6.45) is 2.27. The van der Waals surface area contributed by atoms with Gasteiger partial charge in [0.25, 0.3) is 0 Å². The van der Waals surface area contributed by atoms with Crippen LogP contribution in [-0.2, 0) is 24.9 Å². The van der Waals surface area contributed by atoms with Crippen LogP contribution in [0.5, 0.6) is 0 Å². The number of allylic oxidation sites excluding steroid dienone is 2. The fraction of sp³-hybridized carbons (Fsp3) is 0.314. The Labute approximate surface area is 262 Å². The van der Waals surface area contributed by atoms with E-state index in [-0.39, 0.29) is 31.6 Å². The van der Waals surface area contributed by atoms with Crippen molar-refractivity contribution in [3.63, 3.8) is 0 Å². The molecule has 0 bridgehead atoms. The van der Waals surface area contributed by atoms with Gasteiger partial charge < -0.3 is 5.11 Å². The molecule has 0 saturated carbocycles. The molecule has 4 aromatic rings. The zero-order valence-electron chi connectivity index (χ0n) is 26.0. The van der Waals surface area contributed by atoms with E-state index >= 15 is 0 Å². The van der Waals surface area contributed by atoms with Crippen LogP contribution in [0.15, 0.2) is 78.6 Å². The van der Waals surface area contributed by atoms with E-state index < -0.39 is 16.1 Å². The predicted octanol–water partition coefficient (Wildman–Crippen LogP) is 8.58. The van der Waals surface area contributed by atoms with E-state index in [2.05, 4.69) is 119 Å². The number of carbonyl (C=O) groups excluding carboxylic acids is 1. The predicted molar refractivity (Wildman–Crippen MR) is 178 cm³/mol. The minimum atomic E-state index is -1.43. The molecule has 0 fully saturated rings. The molecule has 0 aliphatic heterocycles. The minimum Gasteiger partial charge on any atom is -0.512 e. The first-order valence-corrected chi connectivity index (χ1v) is 21.2. The molecule has 1 N–H and O–H groups in total. The van der Waals surface area contributed by atoms with Crippen LogP contribution >= 0.6 is 0 Å². The molecule has 3 aromatic carbocycles. The zero-order chi connectivity index (χ0) is 29.7. The van der Waals surface area contributed by atoms with E-state index in [1.807, 2.05) is 0 Å². The maximum absolute atomic E-state index is 10.5. The van der Waals surface area contributed by atoms with Gasteiger partial charge in [0, 0.05) is 44.4 Å². The van der Waals surface area contributed by atoms with Gasteiger partial charge >= 0.3 is 0 Å². The summed E-state index contributed by atoms with van der Waals surface area (Å²) in [5, 5.41) is 13.0. The maximum Gasteiger partial charge on any atom is 0.158 e. The van der Waals surface area contributed by atoms with Gasteiger partial charge in [-0.25, -0.2) is 0 Å². The maximum atomic E-state index is 10.5. The normalized spacial score (nSPS) is 11.9. The smallest absolute Gasteiger partial charge is 0.158 e. The van der Waals surface area contributed by atoms with E-state index in [0.717, 1.165) is 16.8 Å². The third-order valence-electron chi connectivity index (χ3n) is 6.94. The molecule has 0 amide bonds.